The van der Waals surface area contributed by atoms with E-state index in [1.807, 2.05) is 61.5 Å². The molecule has 13 heteroatoms. The lowest BCUT2D eigenvalue weighted by atomic mass is 9.71. The minimum Gasteiger partial charge on any atom is -0.444 e. The molecule has 1 unspecified atom stereocenters. The molecule has 2 aromatic heterocycles. The summed E-state index contributed by atoms with van der Waals surface area (Å²) in [6.45, 7) is 16.2. The lowest BCUT2D eigenvalue weighted by Crippen LogP contribution is -2.64. The third-order valence-corrected chi connectivity index (χ3v) is 9.11. The number of aromatic nitrogens is 3. The van der Waals surface area contributed by atoms with Crippen LogP contribution in [0.1, 0.15) is 69.5 Å². The minimum absolute atomic E-state index is 0.116. The Bertz CT molecular complexity index is 1410. The van der Waals surface area contributed by atoms with Crippen molar-refractivity contribution in [2.75, 3.05) is 62.2 Å². The number of amides is 1. The van der Waals surface area contributed by atoms with Gasteiger partial charge in [0.15, 0.2) is 5.69 Å². The molecule has 3 saturated heterocycles. The number of alkyl halides is 3. The van der Waals surface area contributed by atoms with Gasteiger partial charge < -0.3 is 19.4 Å². The number of ether oxygens (including phenoxy) is 1. The number of anilines is 2. The normalized spacial score (nSPS) is 21.7. The van der Waals surface area contributed by atoms with Gasteiger partial charge in [0.05, 0.1) is 11.9 Å². The smallest absolute Gasteiger partial charge is 0.434 e. The van der Waals surface area contributed by atoms with Gasteiger partial charge in [-0.1, -0.05) is 13.8 Å². The summed E-state index contributed by atoms with van der Waals surface area (Å²) in [5.41, 5.74) is 0.139. The number of carbonyl (C=O) groups is 1. The molecule has 0 spiro atoms. The quantitative estimate of drug-likeness (QED) is 0.485. The van der Waals surface area contributed by atoms with Gasteiger partial charge in [-0.15, -0.1) is 0 Å². The molecule has 3 fully saturated rings. The molecule has 5 rings (SSSR count). The summed E-state index contributed by atoms with van der Waals surface area (Å²) in [7, 11) is 1.93. The van der Waals surface area contributed by atoms with Gasteiger partial charge in [-0.05, 0) is 45.1 Å². The molecule has 1 atom stereocenters. The number of nitriles is 1. The van der Waals surface area contributed by atoms with Crippen molar-refractivity contribution in [1.82, 2.24) is 24.6 Å². The fraction of sp³-hybridized carbons (Fsp3) is 0.677. The van der Waals surface area contributed by atoms with E-state index < -0.39 is 23.0 Å². The predicted octanol–water partition coefficient (Wildman–Crippen LogP) is 4.78. The van der Waals surface area contributed by atoms with Crippen molar-refractivity contribution >= 4 is 17.6 Å². The van der Waals surface area contributed by atoms with E-state index in [-0.39, 0.29) is 35.0 Å². The van der Waals surface area contributed by atoms with Gasteiger partial charge in [0, 0.05) is 83.1 Å². The topological polar surface area (TPSA) is 93.8 Å². The second kappa shape index (κ2) is 11.4. The molecule has 2 aromatic rings. The fourth-order valence-corrected chi connectivity index (χ4v) is 6.84. The van der Waals surface area contributed by atoms with E-state index in [0.29, 0.717) is 52.4 Å². The van der Waals surface area contributed by atoms with E-state index >= 15 is 0 Å². The highest BCUT2D eigenvalue weighted by atomic mass is 19.4. The molecule has 240 valence electrons. The summed E-state index contributed by atoms with van der Waals surface area (Å²) in [6.07, 6.45) is -2.51. The standard InChI is InChI=1S/C31H43F3N8O2/c1-20-16-36-38(7)26(20)23-8-9-41(19-30(23,5)6)25-14-24(22(15-35)27(37-25)31(32,33)34)42-17-21(18-42)39-10-12-40(13-11-39)28(43)44-29(2,3)4/h14,16,21,23H,8-13,17-19H2,1-7H3. The summed E-state index contributed by atoms with van der Waals surface area (Å²) in [6, 6.07) is 3.59. The maximum Gasteiger partial charge on any atom is 0.434 e. The number of hydrogen-bond acceptors (Lipinski definition) is 8. The Kier molecular flexibility index (Phi) is 8.29. The van der Waals surface area contributed by atoms with Crippen molar-refractivity contribution in [2.24, 2.45) is 12.5 Å². The van der Waals surface area contributed by atoms with E-state index in [0.717, 1.165) is 17.7 Å². The van der Waals surface area contributed by atoms with Gasteiger partial charge >= 0.3 is 12.3 Å². The highest BCUT2D eigenvalue weighted by molar-refractivity contribution is 5.69. The van der Waals surface area contributed by atoms with Crippen LogP contribution in [0.2, 0.25) is 0 Å². The average molecular weight is 617 g/mol. The summed E-state index contributed by atoms with van der Waals surface area (Å²) in [5.74, 6) is 0.437. The van der Waals surface area contributed by atoms with Crippen molar-refractivity contribution < 1.29 is 22.7 Å². The molecule has 1 amide bonds. The molecular formula is C31H43F3N8O2. The lowest BCUT2D eigenvalue weighted by molar-refractivity contribution is -0.141. The third-order valence-electron chi connectivity index (χ3n) is 9.11. The van der Waals surface area contributed by atoms with Crippen LogP contribution in [0.3, 0.4) is 0 Å². The predicted molar refractivity (Wildman–Crippen MR) is 161 cm³/mol. The van der Waals surface area contributed by atoms with E-state index in [9.17, 15) is 23.2 Å². The molecule has 0 aliphatic carbocycles. The minimum atomic E-state index is -4.77. The number of nitrogens with zero attached hydrogens (tertiary/aromatic N) is 8. The summed E-state index contributed by atoms with van der Waals surface area (Å²) in [5, 5.41) is 14.3. The number of piperazine rings is 1. The van der Waals surface area contributed by atoms with Crippen molar-refractivity contribution in [3.63, 3.8) is 0 Å². The SMILES string of the molecule is Cc1cnn(C)c1C1CCN(c2cc(N3CC(N4CCN(C(=O)OC(C)(C)C)CC4)C3)c(C#N)c(C(F)(F)F)n2)CC1(C)C. The second-order valence-electron chi connectivity index (χ2n) is 14.0. The summed E-state index contributed by atoms with van der Waals surface area (Å²) in [4.78, 5) is 24.2. The van der Waals surface area contributed by atoms with Crippen LogP contribution in [0.5, 0.6) is 0 Å². The molecule has 0 N–H and O–H groups in total. The van der Waals surface area contributed by atoms with Crippen LogP contribution in [0.4, 0.5) is 29.5 Å². The molecule has 44 heavy (non-hydrogen) atoms. The first kappa shape index (κ1) is 31.9. The Labute approximate surface area is 257 Å². The molecule has 3 aliphatic rings. The summed E-state index contributed by atoms with van der Waals surface area (Å²) >= 11 is 0. The Morgan fingerprint density at radius 1 is 1.09 bits per heavy atom. The van der Waals surface area contributed by atoms with Crippen molar-refractivity contribution in [2.45, 2.75) is 71.7 Å². The summed E-state index contributed by atoms with van der Waals surface area (Å²) < 4.78 is 50.3. The molecule has 5 heterocycles. The van der Waals surface area contributed by atoms with Gasteiger partial charge in [-0.2, -0.15) is 23.5 Å². The number of carbonyl (C=O) groups excluding carboxylic acids is 1. The average Bonchev–Trinajstić information content (AvgIpc) is 3.23. The largest absolute Gasteiger partial charge is 0.444 e. The maximum atomic E-state index is 14.3. The molecule has 0 saturated carbocycles. The van der Waals surface area contributed by atoms with Gasteiger partial charge in [0.1, 0.15) is 23.1 Å². The zero-order valence-electron chi connectivity index (χ0n) is 26.7. The fourth-order valence-electron chi connectivity index (χ4n) is 6.84. The zero-order chi connectivity index (χ0) is 32.2. The number of rotatable bonds is 4. The molecule has 3 aliphatic heterocycles. The lowest BCUT2D eigenvalue weighted by Gasteiger charge is -2.49. The molecule has 10 nitrogen and oxygen atoms in total. The molecular weight excluding hydrogens is 573 g/mol. The Balaban J connectivity index is 1.32. The maximum absolute atomic E-state index is 14.3. The van der Waals surface area contributed by atoms with Crippen LogP contribution in [0.25, 0.3) is 0 Å². The Hall–Kier alpha value is -3.53. The van der Waals surface area contributed by atoms with Crippen LogP contribution < -0.4 is 9.80 Å². The number of aryl methyl sites for hydroxylation is 2. The van der Waals surface area contributed by atoms with Crippen LogP contribution >= 0.6 is 0 Å². The van der Waals surface area contributed by atoms with Crippen molar-refractivity contribution in [1.29, 1.82) is 5.26 Å². The van der Waals surface area contributed by atoms with Crippen LogP contribution in [-0.4, -0.2) is 94.7 Å². The highest BCUT2D eigenvalue weighted by Gasteiger charge is 2.44. The van der Waals surface area contributed by atoms with Gasteiger partial charge in [0.25, 0.3) is 0 Å². The van der Waals surface area contributed by atoms with Crippen LogP contribution in [0.15, 0.2) is 12.3 Å². The monoisotopic (exact) mass is 616 g/mol. The number of pyridine rings is 1. The van der Waals surface area contributed by atoms with E-state index in [4.69, 9.17) is 4.74 Å². The van der Waals surface area contributed by atoms with E-state index in [2.05, 4.69) is 28.8 Å². The van der Waals surface area contributed by atoms with Gasteiger partial charge in [-0.25, -0.2) is 9.78 Å². The van der Waals surface area contributed by atoms with Crippen LogP contribution in [0, 0.1) is 23.7 Å². The van der Waals surface area contributed by atoms with Gasteiger partial charge in [-0.3, -0.25) is 9.58 Å². The van der Waals surface area contributed by atoms with E-state index in [1.54, 1.807) is 11.0 Å². The third kappa shape index (κ3) is 6.32. The first-order valence-electron chi connectivity index (χ1n) is 15.2. The van der Waals surface area contributed by atoms with Crippen molar-refractivity contribution in [3.05, 3.63) is 34.8 Å². The first-order chi connectivity index (χ1) is 20.5. The molecule has 0 aromatic carbocycles. The van der Waals surface area contributed by atoms with E-state index in [1.165, 1.54) is 0 Å². The number of piperidine rings is 1. The molecule has 0 radical (unpaired) electrons. The first-order valence-corrected chi connectivity index (χ1v) is 15.2. The zero-order valence-corrected chi connectivity index (χ0v) is 26.7. The highest BCUT2D eigenvalue weighted by Crippen LogP contribution is 2.45. The van der Waals surface area contributed by atoms with Crippen LogP contribution in [-0.2, 0) is 18.0 Å². The van der Waals surface area contributed by atoms with Gasteiger partial charge in [0.2, 0.25) is 0 Å². The molecule has 0 bridgehead atoms. The number of halogens is 3. The number of hydrogen-bond donors (Lipinski definition) is 0. The Morgan fingerprint density at radius 3 is 2.27 bits per heavy atom. The second-order valence-corrected chi connectivity index (χ2v) is 14.0. The van der Waals surface area contributed by atoms with Crippen molar-refractivity contribution in [3.8, 4) is 6.07 Å². The Morgan fingerprint density at radius 2 is 1.75 bits per heavy atom.